The van der Waals surface area contributed by atoms with Crippen LogP contribution in [0.2, 0.25) is 0 Å². The molecule has 0 aliphatic heterocycles. The predicted molar refractivity (Wildman–Crippen MR) is 105 cm³/mol. The molecule has 25 heavy (non-hydrogen) atoms. The lowest BCUT2D eigenvalue weighted by Gasteiger charge is -2.22. The Morgan fingerprint density at radius 3 is 2.24 bits per heavy atom. The summed E-state index contributed by atoms with van der Waals surface area (Å²) in [6.07, 6.45) is 1.71. The van der Waals surface area contributed by atoms with Crippen molar-refractivity contribution in [2.45, 2.75) is 25.9 Å². The fourth-order valence-electron chi connectivity index (χ4n) is 2.95. The summed E-state index contributed by atoms with van der Waals surface area (Å²) in [4.78, 5) is 4.16. The quantitative estimate of drug-likeness (QED) is 0.680. The van der Waals surface area contributed by atoms with Gasteiger partial charge in [-0.05, 0) is 65.9 Å². The van der Waals surface area contributed by atoms with Gasteiger partial charge in [-0.1, -0.05) is 30.3 Å². The number of nitrogens with two attached hydrogens (primary N) is 3. The Morgan fingerprint density at radius 1 is 0.920 bits per heavy atom. The second-order valence-corrected chi connectivity index (χ2v) is 6.81. The lowest BCUT2D eigenvalue weighted by atomic mass is 9.88. The molecule has 0 aliphatic carbocycles. The van der Waals surface area contributed by atoms with Crippen molar-refractivity contribution in [1.82, 2.24) is 4.98 Å². The molecule has 1 heterocycles. The fourth-order valence-corrected chi connectivity index (χ4v) is 2.95. The van der Waals surface area contributed by atoms with E-state index in [1.807, 2.05) is 38.1 Å². The summed E-state index contributed by atoms with van der Waals surface area (Å²) >= 11 is 0. The molecule has 0 spiro atoms. The third kappa shape index (κ3) is 3.55. The molecule has 1 aromatic heterocycles. The molecule has 0 unspecified atom stereocenters. The molecule has 0 bridgehead atoms. The van der Waals surface area contributed by atoms with Crippen LogP contribution < -0.4 is 17.2 Å². The van der Waals surface area contributed by atoms with Gasteiger partial charge in [0.2, 0.25) is 0 Å². The van der Waals surface area contributed by atoms with Crippen LogP contribution in [0.15, 0.2) is 60.8 Å². The molecule has 0 radical (unpaired) electrons. The Balaban J connectivity index is 2.26. The molecule has 0 aliphatic rings. The average Bonchev–Trinajstić information content (AvgIpc) is 2.61. The number of pyridine rings is 1. The number of hydrogen-bond acceptors (Lipinski definition) is 4. The van der Waals surface area contributed by atoms with Gasteiger partial charge in [-0.15, -0.1) is 0 Å². The molecule has 0 saturated heterocycles. The maximum Gasteiger partial charge on any atom is 0.128 e. The van der Waals surface area contributed by atoms with Crippen LogP contribution in [0.25, 0.3) is 22.3 Å². The number of anilines is 1. The maximum absolute atomic E-state index is 6.39. The van der Waals surface area contributed by atoms with E-state index in [4.69, 9.17) is 17.2 Å². The first-order chi connectivity index (χ1) is 11.9. The van der Waals surface area contributed by atoms with E-state index in [9.17, 15) is 0 Å². The van der Waals surface area contributed by atoms with Gasteiger partial charge in [-0.3, -0.25) is 0 Å². The van der Waals surface area contributed by atoms with Crippen LogP contribution in [0, 0.1) is 0 Å². The minimum atomic E-state index is -0.457. The van der Waals surface area contributed by atoms with Crippen LogP contribution in [-0.4, -0.2) is 4.98 Å². The molecule has 0 atom stereocenters. The zero-order valence-corrected chi connectivity index (χ0v) is 14.7. The molecule has 0 fully saturated rings. The zero-order valence-electron chi connectivity index (χ0n) is 14.7. The van der Waals surface area contributed by atoms with Crippen molar-refractivity contribution in [3.05, 3.63) is 71.9 Å². The summed E-state index contributed by atoms with van der Waals surface area (Å²) in [5, 5.41) is 0. The Hall–Kier alpha value is -2.69. The molecule has 0 saturated carbocycles. The van der Waals surface area contributed by atoms with Crippen LogP contribution in [0.1, 0.15) is 25.0 Å². The Bertz CT molecular complexity index is 880. The lowest BCUT2D eigenvalue weighted by Crippen LogP contribution is -2.28. The number of rotatable bonds is 4. The summed E-state index contributed by atoms with van der Waals surface area (Å²) in [7, 11) is 0. The molecule has 128 valence electrons. The predicted octanol–water partition coefficient (Wildman–Crippen LogP) is 3.65. The van der Waals surface area contributed by atoms with Gasteiger partial charge in [-0.2, -0.15) is 0 Å². The summed E-state index contributed by atoms with van der Waals surface area (Å²) in [6, 6.07) is 18.6. The number of nitrogen functional groups attached to an aromatic ring is 1. The molecular weight excluding hydrogens is 308 g/mol. The molecule has 6 N–H and O–H groups in total. The summed E-state index contributed by atoms with van der Waals surface area (Å²) in [5.41, 5.74) is 24.1. The normalized spacial score (nSPS) is 11.5. The van der Waals surface area contributed by atoms with E-state index in [-0.39, 0.29) is 0 Å². The maximum atomic E-state index is 6.39. The van der Waals surface area contributed by atoms with Gasteiger partial charge < -0.3 is 17.2 Å². The lowest BCUT2D eigenvalue weighted by molar-refractivity contribution is 0.555. The highest BCUT2D eigenvalue weighted by atomic mass is 14.8. The van der Waals surface area contributed by atoms with Crippen molar-refractivity contribution in [3.63, 3.8) is 0 Å². The van der Waals surface area contributed by atoms with Crippen LogP contribution in [0.3, 0.4) is 0 Å². The fraction of sp³-hybridized carbons (Fsp3) is 0.190. The highest BCUT2D eigenvalue weighted by Crippen LogP contribution is 2.34. The van der Waals surface area contributed by atoms with Crippen molar-refractivity contribution < 1.29 is 0 Å². The molecule has 3 aromatic rings. The average molecular weight is 332 g/mol. The number of nitrogens with zero attached hydrogens (tertiary/aromatic N) is 1. The van der Waals surface area contributed by atoms with Gasteiger partial charge in [0.05, 0.1) is 0 Å². The van der Waals surface area contributed by atoms with Gasteiger partial charge in [0.1, 0.15) is 5.82 Å². The second kappa shape index (κ2) is 6.67. The SMILES string of the molecule is CC(C)(N)c1cc(-c2ccccc2)cc(-c2ccnc(N)c2CN)c1. The second-order valence-electron chi connectivity index (χ2n) is 6.81. The van der Waals surface area contributed by atoms with Crippen molar-refractivity contribution in [1.29, 1.82) is 0 Å². The zero-order chi connectivity index (χ0) is 18.0. The number of hydrogen-bond donors (Lipinski definition) is 3. The van der Waals surface area contributed by atoms with E-state index in [0.29, 0.717) is 12.4 Å². The van der Waals surface area contributed by atoms with Crippen molar-refractivity contribution in [3.8, 4) is 22.3 Å². The third-order valence-electron chi connectivity index (χ3n) is 4.39. The van der Waals surface area contributed by atoms with Crippen molar-refractivity contribution in [2.24, 2.45) is 11.5 Å². The summed E-state index contributed by atoms with van der Waals surface area (Å²) < 4.78 is 0. The molecular formula is C21H24N4. The van der Waals surface area contributed by atoms with Crippen LogP contribution in [0.4, 0.5) is 5.82 Å². The van der Waals surface area contributed by atoms with Crippen molar-refractivity contribution in [2.75, 3.05) is 5.73 Å². The monoisotopic (exact) mass is 332 g/mol. The Labute approximate surface area is 148 Å². The largest absolute Gasteiger partial charge is 0.383 e. The van der Waals surface area contributed by atoms with Gasteiger partial charge in [-0.25, -0.2) is 4.98 Å². The van der Waals surface area contributed by atoms with Gasteiger partial charge in [0, 0.05) is 23.8 Å². The minimum Gasteiger partial charge on any atom is -0.383 e. The Morgan fingerprint density at radius 2 is 1.60 bits per heavy atom. The van der Waals surface area contributed by atoms with E-state index < -0.39 is 5.54 Å². The van der Waals surface area contributed by atoms with Crippen LogP contribution >= 0.6 is 0 Å². The molecule has 4 heteroatoms. The first-order valence-corrected chi connectivity index (χ1v) is 8.34. The van der Waals surface area contributed by atoms with E-state index >= 15 is 0 Å². The van der Waals surface area contributed by atoms with Gasteiger partial charge in [0.15, 0.2) is 0 Å². The smallest absolute Gasteiger partial charge is 0.128 e. The van der Waals surface area contributed by atoms with E-state index in [1.165, 1.54) is 0 Å². The van der Waals surface area contributed by atoms with E-state index in [1.54, 1.807) is 6.20 Å². The van der Waals surface area contributed by atoms with E-state index in [2.05, 4.69) is 35.3 Å². The molecule has 4 nitrogen and oxygen atoms in total. The summed E-state index contributed by atoms with van der Waals surface area (Å²) in [5.74, 6) is 0.471. The topological polar surface area (TPSA) is 90.9 Å². The Kier molecular flexibility index (Phi) is 4.57. The summed E-state index contributed by atoms with van der Waals surface area (Å²) in [6.45, 7) is 4.35. The highest BCUT2D eigenvalue weighted by molar-refractivity contribution is 5.78. The molecule has 3 rings (SSSR count). The van der Waals surface area contributed by atoms with Gasteiger partial charge in [0.25, 0.3) is 0 Å². The van der Waals surface area contributed by atoms with Gasteiger partial charge >= 0.3 is 0 Å². The molecule has 0 amide bonds. The standard InChI is InChI=1S/C21H24N4/c1-21(2,24)17-11-15(14-6-4-3-5-7-14)10-16(12-17)18-8-9-25-20(23)19(18)13-22/h3-12H,13,22,24H2,1-2H3,(H2,23,25). The van der Waals surface area contributed by atoms with E-state index in [0.717, 1.165) is 33.4 Å². The first-order valence-electron chi connectivity index (χ1n) is 8.34. The molecule has 2 aromatic carbocycles. The van der Waals surface area contributed by atoms with Crippen LogP contribution in [-0.2, 0) is 12.1 Å². The van der Waals surface area contributed by atoms with Crippen LogP contribution in [0.5, 0.6) is 0 Å². The number of benzene rings is 2. The minimum absolute atomic E-state index is 0.339. The highest BCUT2D eigenvalue weighted by Gasteiger charge is 2.18. The van der Waals surface area contributed by atoms with Crippen molar-refractivity contribution >= 4 is 5.82 Å². The number of aromatic nitrogens is 1. The third-order valence-corrected chi connectivity index (χ3v) is 4.39. The first kappa shape index (κ1) is 17.1.